The average molecular weight is 156 g/mol. The van der Waals surface area contributed by atoms with E-state index in [-0.39, 0.29) is 0 Å². The summed E-state index contributed by atoms with van der Waals surface area (Å²) in [5, 5.41) is 2.85. The van der Waals surface area contributed by atoms with Gasteiger partial charge in [0.25, 0.3) is 0 Å². The molecule has 0 amide bonds. The number of hydrogen-bond acceptors (Lipinski definition) is 0. The van der Waals surface area contributed by atoms with Gasteiger partial charge in [-0.3, -0.25) is 0 Å². The van der Waals surface area contributed by atoms with Gasteiger partial charge in [-0.1, -0.05) is 43.3 Å². The lowest BCUT2D eigenvalue weighted by atomic mass is 9.99. The fourth-order valence-electron chi connectivity index (χ4n) is 2.20. The first kappa shape index (κ1) is 6.47. The summed E-state index contributed by atoms with van der Waals surface area (Å²) in [6, 6.07) is 8.67. The number of benzene rings is 1. The maximum atomic E-state index is 2.44. The molecule has 60 valence electrons. The van der Waals surface area contributed by atoms with Crippen LogP contribution in [-0.2, 0) is 0 Å². The molecule has 12 heavy (non-hydrogen) atoms. The topological polar surface area (TPSA) is 0 Å². The Morgan fingerprint density at radius 3 is 2.83 bits per heavy atom. The molecule has 3 rings (SSSR count). The Morgan fingerprint density at radius 1 is 1.25 bits per heavy atom. The summed E-state index contributed by atoms with van der Waals surface area (Å²) in [6.45, 7) is 2.35. The molecule has 0 nitrogen and oxygen atoms in total. The van der Waals surface area contributed by atoms with Crippen molar-refractivity contribution in [1.29, 1.82) is 0 Å². The van der Waals surface area contributed by atoms with Crippen LogP contribution >= 0.6 is 0 Å². The Balaban J connectivity index is 2.39. The van der Waals surface area contributed by atoms with Crippen molar-refractivity contribution < 1.29 is 0 Å². The van der Waals surface area contributed by atoms with Gasteiger partial charge in [0.15, 0.2) is 0 Å². The van der Waals surface area contributed by atoms with E-state index in [1.54, 1.807) is 0 Å². The number of hydrogen-bond donors (Lipinski definition) is 0. The van der Waals surface area contributed by atoms with Gasteiger partial charge in [0.05, 0.1) is 0 Å². The molecule has 0 heterocycles. The van der Waals surface area contributed by atoms with Gasteiger partial charge in [0, 0.05) is 0 Å². The highest BCUT2D eigenvalue weighted by molar-refractivity contribution is 5.53. The summed E-state index contributed by atoms with van der Waals surface area (Å²) in [5.41, 5.74) is 0.508. The molecule has 1 fully saturated rings. The molecule has 2 aliphatic rings. The largest absolute Gasteiger partial charge is 0.0727 e. The smallest absolute Gasteiger partial charge is 0.00680 e. The molecule has 0 radical (unpaired) electrons. The minimum atomic E-state index is 0.508. The predicted molar refractivity (Wildman–Crippen MR) is 50.8 cm³/mol. The lowest BCUT2D eigenvalue weighted by Gasteiger charge is -2.06. The van der Waals surface area contributed by atoms with Crippen molar-refractivity contribution in [3.8, 4) is 0 Å². The van der Waals surface area contributed by atoms with Crippen molar-refractivity contribution in [2.24, 2.45) is 11.3 Å². The van der Waals surface area contributed by atoms with Crippen molar-refractivity contribution >= 4 is 12.2 Å². The highest BCUT2D eigenvalue weighted by atomic mass is 14.5. The van der Waals surface area contributed by atoms with E-state index < -0.39 is 0 Å². The summed E-state index contributed by atoms with van der Waals surface area (Å²) < 4.78 is 0. The fourth-order valence-corrected chi connectivity index (χ4v) is 2.20. The monoisotopic (exact) mass is 156 g/mol. The lowest BCUT2D eigenvalue weighted by Crippen LogP contribution is -2.28. The fraction of sp³-hybridized carbons (Fsp3) is 0.333. The van der Waals surface area contributed by atoms with Crippen LogP contribution in [0.15, 0.2) is 24.3 Å². The molecule has 0 N–H and O–H groups in total. The summed E-state index contributed by atoms with van der Waals surface area (Å²) in [5.74, 6) is 0.826. The van der Waals surface area contributed by atoms with Crippen LogP contribution < -0.4 is 10.4 Å². The third kappa shape index (κ3) is 0.726. The van der Waals surface area contributed by atoms with E-state index >= 15 is 0 Å². The second kappa shape index (κ2) is 1.82. The molecule has 2 atom stereocenters. The second-order valence-corrected chi connectivity index (χ2v) is 4.26. The molecular weight excluding hydrogens is 144 g/mol. The van der Waals surface area contributed by atoms with Crippen LogP contribution in [-0.4, -0.2) is 0 Å². The molecule has 1 aromatic rings. The third-order valence-electron chi connectivity index (χ3n) is 3.21. The number of rotatable bonds is 0. The first-order valence-corrected chi connectivity index (χ1v) is 4.58. The summed E-state index contributed by atoms with van der Waals surface area (Å²) >= 11 is 0. The van der Waals surface area contributed by atoms with Crippen molar-refractivity contribution in [2.45, 2.75) is 13.3 Å². The van der Waals surface area contributed by atoms with Gasteiger partial charge in [0.1, 0.15) is 0 Å². The van der Waals surface area contributed by atoms with Crippen molar-refractivity contribution in [3.05, 3.63) is 34.7 Å². The Morgan fingerprint density at radius 2 is 2.00 bits per heavy atom. The zero-order valence-electron chi connectivity index (χ0n) is 7.25. The standard InChI is InChI=1S/C12H12/c1-12-7-10-5-3-2-4-9(10)6-11(12)8-12/h2-7,11H,8H2,1H3. The Kier molecular flexibility index (Phi) is 0.982. The molecule has 0 saturated heterocycles. The Labute approximate surface area is 72.2 Å². The molecule has 1 aromatic carbocycles. The predicted octanol–water partition coefficient (Wildman–Crippen LogP) is 1.29. The van der Waals surface area contributed by atoms with Crippen LogP contribution in [0.5, 0.6) is 0 Å². The van der Waals surface area contributed by atoms with Gasteiger partial charge in [-0.15, -0.1) is 0 Å². The first-order valence-electron chi connectivity index (χ1n) is 4.58. The zero-order valence-corrected chi connectivity index (χ0v) is 7.25. The van der Waals surface area contributed by atoms with Gasteiger partial charge in [0.2, 0.25) is 0 Å². The SMILES string of the molecule is CC12C=c3ccccc3=CC1C2. The van der Waals surface area contributed by atoms with Gasteiger partial charge in [-0.05, 0) is 28.2 Å². The summed E-state index contributed by atoms with van der Waals surface area (Å²) in [6.07, 6.45) is 6.21. The van der Waals surface area contributed by atoms with E-state index in [1.807, 2.05) is 0 Å². The molecule has 0 aliphatic heterocycles. The van der Waals surface area contributed by atoms with Crippen molar-refractivity contribution in [3.63, 3.8) is 0 Å². The summed E-state index contributed by atoms with van der Waals surface area (Å²) in [7, 11) is 0. The first-order chi connectivity index (χ1) is 5.78. The third-order valence-corrected chi connectivity index (χ3v) is 3.21. The minimum Gasteiger partial charge on any atom is -0.0727 e. The van der Waals surface area contributed by atoms with Gasteiger partial charge in [-0.2, -0.15) is 0 Å². The van der Waals surface area contributed by atoms with Crippen LogP contribution in [0.2, 0.25) is 0 Å². The van der Waals surface area contributed by atoms with Crippen molar-refractivity contribution in [2.75, 3.05) is 0 Å². The minimum absolute atomic E-state index is 0.508. The van der Waals surface area contributed by atoms with Crippen LogP contribution in [0.3, 0.4) is 0 Å². The van der Waals surface area contributed by atoms with Gasteiger partial charge >= 0.3 is 0 Å². The molecule has 1 saturated carbocycles. The Bertz CT molecular complexity index is 441. The van der Waals surface area contributed by atoms with E-state index in [9.17, 15) is 0 Å². The van der Waals surface area contributed by atoms with E-state index in [4.69, 9.17) is 0 Å². The number of fused-ring (bicyclic) bond motifs is 2. The van der Waals surface area contributed by atoms with E-state index in [0.29, 0.717) is 5.41 Å². The zero-order chi connectivity index (χ0) is 8.18. The maximum Gasteiger partial charge on any atom is -0.00680 e. The van der Waals surface area contributed by atoms with Crippen LogP contribution in [0.25, 0.3) is 12.2 Å². The lowest BCUT2D eigenvalue weighted by molar-refractivity contribution is 0.749. The van der Waals surface area contributed by atoms with Crippen molar-refractivity contribution in [1.82, 2.24) is 0 Å². The highest BCUT2D eigenvalue weighted by Crippen LogP contribution is 2.55. The molecule has 0 spiro atoms. The second-order valence-electron chi connectivity index (χ2n) is 4.26. The normalized spacial score (nSPS) is 35.6. The average Bonchev–Trinajstić information content (AvgIpc) is 2.70. The summed E-state index contributed by atoms with van der Waals surface area (Å²) in [4.78, 5) is 0. The molecule has 0 heteroatoms. The van der Waals surface area contributed by atoms with E-state index in [1.165, 1.54) is 16.9 Å². The van der Waals surface area contributed by atoms with Crippen LogP contribution in [0.4, 0.5) is 0 Å². The highest BCUT2D eigenvalue weighted by Gasteiger charge is 2.47. The molecule has 0 aromatic heterocycles. The quantitative estimate of drug-likeness (QED) is 0.531. The van der Waals surface area contributed by atoms with Crippen LogP contribution in [0.1, 0.15) is 13.3 Å². The molecule has 0 bridgehead atoms. The van der Waals surface area contributed by atoms with E-state index in [0.717, 1.165) is 5.92 Å². The van der Waals surface area contributed by atoms with E-state index in [2.05, 4.69) is 43.3 Å². The molecule has 2 aliphatic carbocycles. The Hall–Kier alpha value is -1.04. The van der Waals surface area contributed by atoms with Gasteiger partial charge < -0.3 is 0 Å². The molecule has 2 unspecified atom stereocenters. The molecular formula is C12H12. The van der Waals surface area contributed by atoms with Crippen LogP contribution in [0, 0.1) is 11.3 Å². The van der Waals surface area contributed by atoms with Gasteiger partial charge in [-0.25, -0.2) is 0 Å². The maximum absolute atomic E-state index is 2.44.